The van der Waals surface area contributed by atoms with Gasteiger partial charge in [-0.3, -0.25) is 14.4 Å². The molecule has 3 rings (SSSR count). The number of amides is 2. The Kier molecular flexibility index (Phi) is 5.74. The first-order chi connectivity index (χ1) is 13.0. The molecule has 1 aliphatic rings. The van der Waals surface area contributed by atoms with Crippen molar-refractivity contribution in [1.29, 1.82) is 0 Å². The molecule has 0 bridgehead atoms. The lowest BCUT2D eigenvalue weighted by Crippen LogP contribution is -2.48. The summed E-state index contributed by atoms with van der Waals surface area (Å²) >= 11 is 0. The van der Waals surface area contributed by atoms with Crippen LogP contribution in [0.15, 0.2) is 42.5 Å². The van der Waals surface area contributed by atoms with Crippen molar-refractivity contribution in [2.45, 2.75) is 44.1 Å². The van der Waals surface area contributed by atoms with E-state index in [-0.39, 0.29) is 31.2 Å². The second-order valence-electron chi connectivity index (χ2n) is 7.17. The topological polar surface area (TPSA) is 95.5 Å². The number of rotatable bonds is 7. The number of carbonyl (C=O) groups is 3. The van der Waals surface area contributed by atoms with Gasteiger partial charge in [0.1, 0.15) is 0 Å². The highest BCUT2D eigenvalue weighted by Crippen LogP contribution is 2.32. The molecule has 2 aromatic carbocycles. The van der Waals surface area contributed by atoms with E-state index in [1.807, 2.05) is 36.4 Å². The first kappa shape index (κ1) is 18.9. The van der Waals surface area contributed by atoms with Gasteiger partial charge in [-0.1, -0.05) is 43.2 Å². The van der Waals surface area contributed by atoms with Crippen molar-refractivity contribution < 1.29 is 19.5 Å². The minimum absolute atomic E-state index is 0.0534. The van der Waals surface area contributed by atoms with E-state index in [0.29, 0.717) is 18.4 Å². The van der Waals surface area contributed by atoms with Gasteiger partial charge in [0, 0.05) is 18.5 Å². The number of carboxylic acids is 1. The number of hydrogen-bond acceptors (Lipinski definition) is 3. The van der Waals surface area contributed by atoms with Crippen LogP contribution in [-0.4, -0.2) is 35.0 Å². The molecule has 0 atom stereocenters. The molecule has 0 aliphatic heterocycles. The molecule has 1 saturated carbocycles. The average molecular weight is 368 g/mol. The minimum Gasteiger partial charge on any atom is -0.481 e. The number of carbonyl (C=O) groups excluding carboxylic acids is 2. The monoisotopic (exact) mass is 368 g/mol. The third kappa shape index (κ3) is 4.84. The molecule has 0 heterocycles. The highest BCUT2D eigenvalue weighted by Gasteiger charge is 2.37. The smallest absolute Gasteiger partial charge is 0.305 e. The predicted octanol–water partition coefficient (Wildman–Crippen LogP) is 2.86. The van der Waals surface area contributed by atoms with E-state index < -0.39 is 11.5 Å². The predicted molar refractivity (Wildman–Crippen MR) is 102 cm³/mol. The first-order valence-electron chi connectivity index (χ1n) is 9.27. The molecular weight excluding hydrogens is 344 g/mol. The lowest BCUT2D eigenvalue weighted by molar-refractivity contribution is -0.139. The van der Waals surface area contributed by atoms with Gasteiger partial charge in [-0.2, -0.15) is 0 Å². The van der Waals surface area contributed by atoms with E-state index in [4.69, 9.17) is 5.11 Å². The Labute approximate surface area is 158 Å². The Balaban J connectivity index is 1.51. The van der Waals surface area contributed by atoms with Gasteiger partial charge in [-0.25, -0.2) is 0 Å². The Hall–Kier alpha value is -2.89. The van der Waals surface area contributed by atoms with E-state index in [2.05, 4.69) is 10.6 Å². The summed E-state index contributed by atoms with van der Waals surface area (Å²) in [4.78, 5) is 35.6. The molecule has 142 valence electrons. The summed E-state index contributed by atoms with van der Waals surface area (Å²) in [7, 11) is 0. The number of nitrogens with one attached hydrogen (secondary N) is 2. The zero-order chi connectivity index (χ0) is 19.3. The third-order valence-electron chi connectivity index (χ3n) is 5.10. The number of hydrogen-bond donors (Lipinski definition) is 3. The van der Waals surface area contributed by atoms with Gasteiger partial charge in [0.05, 0.1) is 12.0 Å². The quantitative estimate of drug-likeness (QED) is 0.700. The maximum Gasteiger partial charge on any atom is 0.305 e. The van der Waals surface area contributed by atoms with Crippen molar-refractivity contribution >= 4 is 28.6 Å². The average Bonchev–Trinajstić information content (AvgIpc) is 3.08. The van der Waals surface area contributed by atoms with Crippen molar-refractivity contribution in [2.75, 3.05) is 6.54 Å². The summed E-state index contributed by atoms with van der Waals surface area (Å²) in [6.45, 7) is 0.209. The molecular formula is C21H24N2O4. The molecule has 0 aromatic heterocycles. The molecule has 1 aliphatic carbocycles. The third-order valence-corrected chi connectivity index (χ3v) is 5.10. The van der Waals surface area contributed by atoms with Gasteiger partial charge < -0.3 is 15.7 Å². The Morgan fingerprint density at radius 1 is 1.00 bits per heavy atom. The molecule has 2 amide bonds. The van der Waals surface area contributed by atoms with Crippen LogP contribution in [0.2, 0.25) is 0 Å². The number of carboxylic acid groups (broad SMARTS) is 1. The highest BCUT2D eigenvalue weighted by atomic mass is 16.4. The van der Waals surface area contributed by atoms with E-state index in [1.165, 1.54) is 0 Å². The molecule has 6 nitrogen and oxygen atoms in total. The van der Waals surface area contributed by atoms with Crippen molar-refractivity contribution in [3.05, 3.63) is 48.0 Å². The Morgan fingerprint density at radius 2 is 1.70 bits per heavy atom. The lowest BCUT2D eigenvalue weighted by atomic mass is 9.93. The maximum atomic E-state index is 12.3. The van der Waals surface area contributed by atoms with Crippen molar-refractivity contribution in [3.8, 4) is 0 Å². The Morgan fingerprint density at radius 3 is 2.41 bits per heavy atom. The van der Waals surface area contributed by atoms with Crippen LogP contribution in [0.4, 0.5) is 0 Å². The van der Waals surface area contributed by atoms with Crippen LogP contribution in [-0.2, 0) is 9.59 Å². The first-order valence-corrected chi connectivity index (χ1v) is 9.27. The molecule has 0 saturated heterocycles. The summed E-state index contributed by atoms with van der Waals surface area (Å²) in [5.74, 6) is -1.35. The summed E-state index contributed by atoms with van der Waals surface area (Å²) in [6, 6.07) is 13.3. The molecule has 27 heavy (non-hydrogen) atoms. The molecule has 2 aromatic rings. The zero-order valence-electron chi connectivity index (χ0n) is 15.2. The normalized spacial score (nSPS) is 15.4. The standard InChI is InChI=1S/C21H24N2O4/c24-18(23-21(14-19(25)26)10-3-4-11-21)9-12-22-20(27)17-8-7-15-5-1-2-6-16(15)13-17/h1-2,5-8,13H,3-4,9-12,14H2,(H,22,27)(H,23,24)(H,25,26). The van der Waals surface area contributed by atoms with E-state index in [0.717, 1.165) is 23.6 Å². The van der Waals surface area contributed by atoms with Crippen LogP contribution in [0, 0.1) is 0 Å². The van der Waals surface area contributed by atoms with Crippen LogP contribution in [0.5, 0.6) is 0 Å². The molecule has 6 heteroatoms. The van der Waals surface area contributed by atoms with Crippen molar-refractivity contribution in [2.24, 2.45) is 0 Å². The molecule has 0 unspecified atom stereocenters. The van der Waals surface area contributed by atoms with Gasteiger partial charge in [0.2, 0.25) is 5.91 Å². The second kappa shape index (κ2) is 8.20. The number of benzene rings is 2. The summed E-state index contributed by atoms with van der Waals surface area (Å²) in [5, 5.41) is 16.8. The van der Waals surface area contributed by atoms with Crippen LogP contribution in [0.25, 0.3) is 10.8 Å². The van der Waals surface area contributed by atoms with E-state index in [1.54, 1.807) is 6.07 Å². The van der Waals surface area contributed by atoms with Crippen molar-refractivity contribution in [1.82, 2.24) is 10.6 Å². The minimum atomic E-state index is -0.901. The van der Waals surface area contributed by atoms with Gasteiger partial charge in [-0.15, -0.1) is 0 Å². The van der Waals surface area contributed by atoms with E-state index in [9.17, 15) is 14.4 Å². The van der Waals surface area contributed by atoms with Crippen LogP contribution in [0.3, 0.4) is 0 Å². The van der Waals surface area contributed by atoms with Gasteiger partial charge >= 0.3 is 5.97 Å². The SMILES string of the molecule is O=C(O)CC1(NC(=O)CCNC(=O)c2ccc3ccccc3c2)CCCC1. The highest BCUT2D eigenvalue weighted by molar-refractivity contribution is 5.98. The van der Waals surface area contributed by atoms with Gasteiger partial charge in [-0.05, 0) is 35.7 Å². The molecule has 0 radical (unpaired) electrons. The fraction of sp³-hybridized carbons (Fsp3) is 0.381. The number of aliphatic carboxylic acids is 1. The second-order valence-corrected chi connectivity index (χ2v) is 7.17. The summed E-state index contributed by atoms with van der Waals surface area (Å²) < 4.78 is 0. The van der Waals surface area contributed by atoms with Crippen LogP contribution in [0.1, 0.15) is 48.9 Å². The molecule has 3 N–H and O–H groups in total. The summed E-state index contributed by atoms with van der Waals surface area (Å²) in [5.41, 5.74) is -0.0853. The number of fused-ring (bicyclic) bond motifs is 1. The van der Waals surface area contributed by atoms with Gasteiger partial charge in [0.25, 0.3) is 5.91 Å². The van der Waals surface area contributed by atoms with Crippen LogP contribution >= 0.6 is 0 Å². The van der Waals surface area contributed by atoms with Gasteiger partial charge in [0.15, 0.2) is 0 Å². The lowest BCUT2D eigenvalue weighted by Gasteiger charge is -2.28. The Bertz CT molecular complexity index is 856. The fourth-order valence-electron chi connectivity index (χ4n) is 3.77. The van der Waals surface area contributed by atoms with Crippen LogP contribution < -0.4 is 10.6 Å². The molecule has 0 spiro atoms. The molecule has 1 fully saturated rings. The summed E-state index contributed by atoms with van der Waals surface area (Å²) in [6.07, 6.45) is 3.30. The van der Waals surface area contributed by atoms with Crippen molar-refractivity contribution in [3.63, 3.8) is 0 Å². The zero-order valence-corrected chi connectivity index (χ0v) is 15.2. The maximum absolute atomic E-state index is 12.3. The fourth-order valence-corrected chi connectivity index (χ4v) is 3.77. The van der Waals surface area contributed by atoms with E-state index >= 15 is 0 Å². The largest absolute Gasteiger partial charge is 0.481 e.